The molecule has 0 saturated heterocycles. The Morgan fingerprint density at radius 2 is 0.765 bits per heavy atom. The second-order valence-electron chi connectivity index (χ2n) is 10.1. The van der Waals surface area contributed by atoms with Crippen molar-refractivity contribution in [2.45, 2.75) is 12.8 Å². The first-order chi connectivity index (χ1) is 25.0. The third-order valence-corrected chi connectivity index (χ3v) is 6.15. The van der Waals surface area contributed by atoms with Crippen LogP contribution < -0.4 is 4.74 Å². The second kappa shape index (κ2) is 35.3. The zero-order valence-electron chi connectivity index (χ0n) is 29.3. The Hall–Kier alpha value is -3.10. The minimum atomic E-state index is -1.57. The molecule has 0 aliphatic heterocycles. The topological polar surface area (TPSA) is 199 Å². The fourth-order valence-electron chi connectivity index (χ4n) is 3.55. The Morgan fingerprint density at radius 3 is 1.08 bits per heavy atom. The van der Waals surface area contributed by atoms with E-state index in [0.717, 1.165) is 6.29 Å². The van der Waals surface area contributed by atoms with Crippen molar-refractivity contribution in [3.63, 3.8) is 0 Å². The number of ketones is 1. The van der Waals surface area contributed by atoms with Crippen molar-refractivity contribution in [2.75, 3.05) is 145 Å². The lowest BCUT2D eigenvalue weighted by atomic mass is 10.2. The molecular formula is C34H54O17. The van der Waals surface area contributed by atoms with Crippen molar-refractivity contribution >= 4 is 24.0 Å². The summed E-state index contributed by atoms with van der Waals surface area (Å²) in [5.41, 5.74) is 0.608. The number of carbonyl (C=O) groups is 4. The molecule has 17 heteroatoms. The van der Waals surface area contributed by atoms with E-state index in [9.17, 15) is 19.2 Å². The molecule has 1 aromatic carbocycles. The predicted molar refractivity (Wildman–Crippen MR) is 178 cm³/mol. The molecule has 51 heavy (non-hydrogen) atoms. The number of carboxylic acid groups (broad SMARTS) is 1. The van der Waals surface area contributed by atoms with Gasteiger partial charge in [0.25, 0.3) is 0 Å². The lowest BCUT2D eigenvalue weighted by molar-refractivity contribution is -0.151. The Morgan fingerprint density at radius 1 is 0.451 bits per heavy atom. The molecule has 0 heterocycles. The highest BCUT2D eigenvalue weighted by Crippen LogP contribution is 2.10. The molecular weight excluding hydrogens is 680 g/mol. The molecule has 0 radical (unpaired) electrons. The Bertz CT molecular complexity index is 992. The van der Waals surface area contributed by atoms with Crippen molar-refractivity contribution in [3.05, 3.63) is 29.8 Å². The van der Waals surface area contributed by atoms with Gasteiger partial charge in [0.1, 0.15) is 25.2 Å². The monoisotopic (exact) mass is 734 g/mol. The fourth-order valence-corrected chi connectivity index (χ4v) is 3.55. The van der Waals surface area contributed by atoms with Crippen LogP contribution in [-0.4, -0.2) is 174 Å². The molecule has 0 aliphatic rings. The highest BCUT2D eigenvalue weighted by atomic mass is 16.6. The summed E-state index contributed by atoms with van der Waals surface area (Å²) in [6, 6.07) is 6.89. The van der Waals surface area contributed by atoms with Gasteiger partial charge in [-0.25, -0.2) is 4.79 Å². The van der Waals surface area contributed by atoms with Gasteiger partial charge in [-0.05, 0) is 24.3 Å². The normalized spacial score (nSPS) is 11.1. The summed E-state index contributed by atoms with van der Waals surface area (Å²) < 4.78 is 64.6. The van der Waals surface area contributed by atoms with E-state index in [1.807, 2.05) is 0 Å². The number of hydrogen-bond donors (Lipinski definition) is 1. The van der Waals surface area contributed by atoms with Gasteiger partial charge in [0.2, 0.25) is 5.78 Å². The first-order valence-corrected chi connectivity index (χ1v) is 16.9. The first-order valence-electron chi connectivity index (χ1n) is 16.9. The van der Waals surface area contributed by atoms with Crippen molar-refractivity contribution < 1.29 is 81.1 Å². The molecule has 1 aromatic rings. The number of aldehydes is 1. The number of ether oxygens (including phenoxy) is 12. The summed E-state index contributed by atoms with van der Waals surface area (Å²) in [5, 5.41) is 8.45. The van der Waals surface area contributed by atoms with Crippen LogP contribution in [0.15, 0.2) is 24.3 Å². The summed E-state index contributed by atoms with van der Waals surface area (Å²) in [5.74, 6) is -2.56. The summed E-state index contributed by atoms with van der Waals surface area (Å²) in [6.45, 7) is 8.96. The van der Waals surface area contributed by atoms with Crippen LogP contribution in [-0.2, 0) is 66.5 Å². The van der Waals surface area contributed by atoms with E-state index in [1.54, 1.807) is 24.3 Å². The maximum atomic E-state index is 11.4. The van der Waals surface area contributed by atoms with Crippen molar-refractivity contribution in [2.24, 2.45) is 0 Å². The van der Waals surface area contributed by atoms with E-state index >= 15 is 0 Å². The Balaban J connectivity index is 1.66. The molecule has 0 saturated carbocycles. The molecule has 0 fully saturated rings. The number of carbonyl (C=O) groups excluding carboxylic acids is 3. The van der Waals surface area contributed by atoms with Gasteiger partial charge >= 0.3 is 11.9 Å². The minimum absolute atomic E-state index is 0.00916. The molecule has 1 N–H and O–H groups in total. The van der Waals surface area contributed by atoms with E-state index in [0.29, 0.717) is 143 Å². The molecule has 1 rings (SSSR count). The number of rotatable bonds is 39. The molecule has 0 aromatic heterocycles. The third kappa shape index (κ3) is 31.4. The summed E-state index contributed by atoms with van der Waals surface area (Å²) in [7, 11) is 0. The fraction of sp³-hybridized carbons (Fsp3) is 0.706. The minimum Gasteiger partial charge on any atom is -0.491 e. The van der Waals surface area contributed by atoms with Gasteiger partial charge in [-0.15, -0.1) is 0 Å². The van der Waals surface area contributed by atoms with E-state index in [-0.39, 0.29) is 26.1 Å². The number of benzene rings is 1. The molecule has 17 nitrogen and oxygen atoms in total. The summed E-state index contributed by atoms with van der Waals surface area (Å²) >= 11 is 0. The maximum Gasteiger partial charge on any atom is 0.372 e. The van der Waals surface area contributed by atoms with Crippen molar-refractivity contribution in [1.29, 1.82) is 0 Å². The van der Waals surface area contributed by atoms with Gasteiger partial charge in [0.05, 0.1) is 139 Å². The van der Waals surface area contributed by atoms with Gasteiger partial charge in [-0.2, -0.15) is 0 Å². The summed E-state index contributed by atoms with van der Waals surface area (Å²) in [6.07, 6.45) is 0.121. The second-order valence-corrected chi connectivity index (χ2v) is 10.1. The smallest absolute Gasteiger partial charge is 0.372 e. The van der Waals surface area contributed by atoms with Crippen LogP contribution in [0.1, 0.15) is 23.2 Å². The highest BCUT2D eigenvalue weighted by molar-refractivity contribution is 6.32. The molecule has 292 valence electrons. The Kier molecular flexibility index (Phi) is 31.8. The first kappa shape index (κ1) is 45.9. The lowest BCUT2D eigenvalue weighted by Crippen LogP contribution is -2.17. The van der Waals surface area contributed by atoms with Crippen molar-refractivity contribution in [1.82, 2.24) is 0 Å². The zero-order chi connectivity index (χ0) is 36.9. The molecule has 0 aliphatic carbocycles. The van der Waals surface area contributed by atoms with Crippen LogP contribution in [0.5, 0.6) is 5.75 Å². The van der Waals surface area contributed by atoms with Crippen LogP contribution in [0.3, 0.4) is 0 Å². The predicted octanol–water partition coefficient (Wildman–Crippen LogP) is 1.02. The van der Waals surface area contributed by atoms with Crippen LogP contribution in [0, 0.1) is 0 Å². The highest BCUT2D eigenvalue weighted by Gasteiger charge is 2.14. The van der Waals surface area contributed by atoms with Gasteiger partial charge in [-0.1, -0.05) is 0 Å². The van der Waals surface area contributed by atoms with Gasteiger partial charge < -0.3 is 61.9 Å². The molecule has 0 amide bonds. The number of Topliss-reactive ketones (excluding diaryl/α,β-unsaturated/α-hetero) is 1. The number of esters is 1. The van der Waals surface area contributed by atoms with E-state index in [2.05, 4.69) is 0 Å². The van der Waals surface area contributed by atoms with E-state index in [4.69, 9.17) is 61.9 Å². The molecule has 0 bridgehead atoms. The Labute approximate surface area is 298 Å². The van der Waals surface area contributed by atoms with Gasteiger partial charge in [0, 0.05) is 12.0 Å². The molecule has 0 unspecified atom stereocenters. The SMILES string of the molecule is O=Cc1ccc(OCCOCCOCCOCCOCCOCCOCCOCCOCCOCCOCCOC(=O)CCC(=O)C(=O)O)cc1. The van der Waals surface area contributed by atoms with E-state index in [1.165, 1.54) is 0 Å². The quantitative estimate of drug-likeness (QED) is 0.0435. The van der Waals surface area contributed by atoms with Crippen LogP contribution >= 0.6 is 0 Å². The number of aliphatic carboxylic acids is 1. The lowest BCUT2D eigenvalue weighted by Gasteiger charge is -2.09. The zero-order valence-corrected chi connectivity index (χ0v) is 29.3. The molecule has 0 spiro atoms. The largest absolute Gasteiger partial charge is 0.491 e. The van der Waals surface area contributed by atoms with Crippen LogP contribution in [0.2, 0.25) is 0 Å². The average Bonchev–Trinajstić information content (AvgIpc) is 3.14. The number of carboxylic acids is 1. The van der Waals surface area contributed by atoms with Crippen LogP contribution in [0.25, 0.3) is 0 Å². The molecule has 0 atom stereocenters. The van der Waals surface area contributed by atoms with Crippen LogP contribution in [0.4, 0.5) is 0 Å². The third-order valence-electron chi connectivity index (χ3n) is 6.15. The van der Waals surface area contributed by atoms with Gasteiger partial charge in [-0.3, -0.25) is 14.4 Å². The van der Waals surface area contributed by atoms with Crippen molar-refractivity contribution in [3.8, 4) is 5.75 Å². The standard InChI is InChI=1S/C34H54O17/c35-29-30-1-3-31(4-2-30)50-27-25-48-23-21-46-19-17-44-15-13-42-11-9-40-7-8-41-10-12-43-14-16-45-18-20-47-22-24-49-26-28-51-33(37)6-5-32(36)34(38)39/h1-4,29H,5-28H2,(H,38,39). The van der Waals surface area contributed by atoms with Gasteiger partial charge in [0.15, 0.2) is 0 Å². The summed E-state index contributed by atoms with van der Waals surface area (Å²) in [4.78, 5) is 43.3. The number of hydrogen-bond acceptors (Lipinski definition) is 16. The average molecular weight is 735 g/mol. The maximum absolute atomic E-state index is 11.4. The van der Waals surface area contributed by atoms with E-state index < -0.39 is 17.7 Å².